The molecular weight excluding hydrogens is 383 g/mol. The minimum absolute atomic E-state index is 0. The molecule has 0 amide bonds. The van der Waals surface area contributed by atoms with Gasteiger partial charge in [-0.3, -0.25) is 5.10 Å². The zero-order valence-electron chi connectivity index (χ0n) is 15.1. The number of anilines is 1. The van der Waals surface area contributed by atoms with Crippen molar-refractivity contribution in [3.63, 3.8) is 0 Å². The van der Waals surface area contributed by atoms with Crippen molar-refractivity contribution >= 4 is 28.5 Å². The molecule has 4 heterocycles. The van der Waals surface area contributed by atoms with E-state index in [9.17, 15) is 9.50 Å². The minimum Gasteiger partial charge on any atom is -0.391 e. The number of aliphatic hydroxyl groups is 1. The summed E-state index contributed by atoms with van der Waals surface area (Å²) < 4.78 is 14.7. The smallest absolute Gasteiger partial charge is 0.181 e. The van der Waals surface area contributed by atoms with E-state index in [1.54, 1.807) is 12.3 Å². The van der Waals surface area contributed by atoms with Crippen molar-refractivity contribution < 1.29 is 12.4 Å². The first kappa shape index (κ1) is 17.8. The number of piperazine rings is 1. The molecule has 3 aromatic rings. The number of nitrogens with one attached hydrogen (secondary N) is 2. The Balaban J connectivity index is 0.00000128. The lowest BCUT2D eigenvalue weighted by molar-refractivity contribution is 0.103. The van der Waals surface area contributed by atoms with Crippen molar-refractivity contribution in [3.8, 4) is 11.4 Å². The first-order chi connectivity index (χ1) is 13.6. The van der Waals surface area contributed by atoms with E-state index < -0.39 is 5.82 Å². The Bertz CT molecular complexity index is 1030. The molecule has 0 spiro atoms. The van der Waals surface area contributed by atoms with Crippen molar-refractivity contribution in [1.29, 1.82) is 0 Å². The quantitative estimate of drug-likeness (QED) is 0.617. The van der Waals surface area contributed by atoms with Gasteiger partial charge in [-0.25, -0.2) is 14.4 Å². The molecule has 0 bridgehead atoms. The normalized spacial score (nSPS) is 21.2. The van der Waals surface area contributed by atoms with E-state index in [0.29, 0.717) is 48.1 Å². The zero-order chi connectivity index (χ0) is 19.3. The van der Waals surface area contributed by atoms with Crippen LogP contribution in [0.15, 0.2) is 24.4 Å². The van der Waals surface area contributed by atoms with Gasteiger partial charge in [0.05, 0.1) is 22.9 Å². The van der Waals surface area contributed by atoms with Crippen LogP contribution in [0, 0.1) is 11.7 Å². The minimum atomic E-state index is -0.521. The SMILES string of the molecule is OC(C1CC1)C1CN(c2nc(-c3[nH]nc4ncccc34)c(F)cc2Cl)CCN1.[HH].[HH]. The molecule has 2 atom stereocenters. The van der Waals surface area contributed by atoms with Gasteiger partial charge in [-0.15, -0.1) is 0 Å². The lowest BCUT2D eigenvalue weighted by Gasteiger charge is -2.37. The lowest BCUT2D eigenvalue weighted by atomic mass is 10.0. The van der Waals surface area contributed by atoms with Gasteiger partial charge in [0.2, 0.25) is 0 Å². The van der Waals surface area contributed by atoms with Crippen molar-refractivity contribution in [1.82, 2.24) is 25.5 Å². The molecule has 1 aliphatic carbocycles. The molecule has 3 aromatic heterocycles. The third kappa shape index (κ3) is 3.11. The number of rotatable bonds is 4. The molecule has 1 saturated heterocycles. The molecule has 7 nitrogen and oxygen atoms in total. The standard InChI is InChI=1S/C19H20ClFN6O.2H2/c20-12-8-13(21)16(15-11-2-1-5-23-18(11)26-25-15)24-19(12)27-7-6-22-14(9-27)17(28)10-3-4-10;;/h1-2,5,8,10,14,17,22,28H,3-4,6-7,9H2,(H,23,25,26);2*1H. The molecule has 28 heavy (non-hydrogen) atoms. The van der Waals surface area contributed by atoms with E-state index in [1.165, 1.54) is 6.07 Å². The highest BCUT2D eigenvalue weighted by atomic mass is 35.5. The second-order valence-corrected chi connectivity index (χ2v) is 7.84. The van der Waals surface area contributed by atoms with Gasteiger partial charge >= 0.3 is 0 Å². The Morgan fingerprint density at radius 2 is 2.25 bits per heavy atom. The fraction of sp³-hybridized carbons (Fsp3) is 0.421. The molecule has 2 unspecified atom stereocenters. The summed E-state index contributed by atoms with van der Waals surface area (Å²) in [6.07, 6.45) is 3.39. The van der Waals surface area contributed by atoms with Gasteiger partial charge in [-0.05, 0) is 37.0 Å². The highest BCUT2D eigenvalue weighted by Gasteiger charge is 2.37. The third-order valence-corrected chi connectivity index (χ3v) is 5.78. The van der Waals surface area contributed by atoms with Crippen LogP contribution in [0.4, 0.5) is 10.2 Å². The molecular formula is C19H24ClFN6O. The fourth-order valence-electron chi connectivity index (χ4n) is 3.85. The Morgan fingerprint density at radius 3 is 3.07 bits per heavy atom. The number of halogens is 2. The van der Waals surface area contributed by atoms with Gasteiger partial charge in [-0.1, -0.05) is 11.6 Å². The van der Waals surface area contributed by atoms with Crippen LogP contribution in [0.1, 0.15) is 15.7 Å². The summed E-state index contributed by atoms with van der Waals surface area (Å²) in [6.45, 7) is 1.95. The van der Waals surface area contributed by atoms with Crippen molar-refractivity contribution in [3.05, 3.63) is 35.2 Å². The van der Waals surface area contributed by atoms with Crippen LogP contribution in [-0.2, 0) is 0 Å². The predicted molar refractivity (Wildman–Crippen MR) is 109 cm³/mol. The monoisotopic (exact) mass is 406 g/mol. The van der Waals surface area contributed by atoms with E-state index in [1.807, 2.05) is 11.0 Å². The Morgan fingerprint density at radius 1 is 1.39 bits per heavy atom. The van der Waals surface area contributed by atoms with E-state index in [2.05, 4.69) is 25.5 Å². The molecule has 0 aromatic carbocycles. The van der Waals surface area contributed by atoms with Crippen LogP contribution >= 0.6 is 11.6 Å². The number of pyridine rings is 2. The van der Waals surface area contributed by atoms with Crippen LogP contribution in [0.2, 0.25) is 5.02 Å². The van der Waals surface area contributed by atoms with Gasteiger partial charge in [0, 0.05) is 34.1 Å². The average molecular weight is 407 g/mol. The van der Waals surface area contributed by atoms with E-state index in [-0.39, 0.29) is 25.7 Å². The number of hydrogen-bond acceptors (Lipinski definition) is 6. The maximum Gasteiger partial charge on any atom is 0.181 e. The van der Waals surface area contributed by atoms with Crippen LogP contribution in [-0.4, -0.2) is 57.1 Å². The molecule has 0 radical (unpaired) electrons. The lowest BCUT2D eigenvalue weighted by Crippen LogP contribution is -2.56. The Hall–Kier alpha value is -2.29. The highest BCUT2D eigenvalue weighted by Crippen LogP contribution is 2.36. The summed E-state index contributed by atoms with van der Waals surface area (Å²) in [6, 6.07) is 4.83. The predicted octanol–water partition coefficient (Wildman–Crippen LogP) is 2.85. The molecule has 2 aliphatic rings. The van der Waals surface area contributed by atoms with Gasteiger partial charge < -0.3 is 15.3 Å². The number of fused-ring (bicyclic) bond motifs is 1. The highest BCUT2D eigenvalue weighted by molar-refractivity contribution is 6.33. The number of aromatic amines is 1. The molecule has 9 heteroatoms. The molecule has 1 saturated carbocycles. The first-order valence-electron chi connectivity index (χ1n) is 9.43. The van der Waals surface area contributed by atoms with Gasteiger partial charge in [0.15, 0.2) is 11.5 Å². The maximum absolute atomic E-state index is 14.7. The summed E-state index contributed by atoms with van der Waals surface area (Å²) in [5.74, 6) is 0.362. The van der Waals surface area contributed by atoms with Gasteiger partial charge in [0.25, 0.3) is 0 Å². The van der Waals surface area contributed by atoms with Crippen LogP contribution < -0.4 is 10.2 Å². The summed E-state index contributed by atoms with van der Waals surface area (Å²) in [7, 11) is 0. The summed E-state index contributed by atoms with van der Waals surface area (Å²) >= 11 is 6.35. The van der Waals surface area contributed by atoms with E-state index in [0.717, 1.165) is 12.8 Å². The number of H-pyrrole nitrogens is 1. The van der Waals surface area contributed by atoms with Crippen molar-refractivity contribution in [2.45, 2.75) is 25.0 Å². The molecule has 150 valence electrons. The molecule has 3 N–H and O–H groups in total. The number of nitrogens with zero attached hydrogens (tertiary/aromatic N) is 4. The van der Waals surface area contributed by atoms with Crippen LogP contribution in [0.5, 0.6) is 0 Å². The number of hydrogen-bond donors (Lipinski definition) is 3. The zero-order valence-corrected chi connectivity index (χ0v) is 15.8. The third-order valence-electron chi connectivity index (χ3n) is 5.50. The topological polar surface area (TPSA) is 90.0 Å². The summed E-state index contributed by atoms with van der Waals surface area (Å²) in [5.41, 5.74) is 1.14. The van der Waals surface area contributed by atoms with Gasteiger partial charge in [0.1, 0.15) is 11.5 Å². The molecule has 5 rings (SSSR count). The largest absolute Gasteiger partial charge is 0.391 e. The molecule has 2 fully saturated rings. The van der Waals surface area contributed by atoms with E-state index in [4.69, 9.17) is 11.6 Å². The second-order valence-electron chi connectivity index (χ2n) is 7.43. The van der Waals surface area contributed by atoms with Gasteiger partial charge in [-0.2, -0.15) is 5.10 Å². The number of aliphatic hydroxyl groups excluding tert-OH is 1. The van der Waals surface area contributed by atoms with Crippen LogP contribution in [0.25, 0.3) is 22.4 Å². The Kier molecular flexibility index (Phi) is 4.41. The average Bonchev–Trinajstić information content (AvgIpc) is 3.47. The maximum atomic E-state index is 14.7. The second kappa shape index (κ2) is 6.95. The van der Waals surface area contributed by atoms with Crippen molar-refractivity contribution in [2.24, 2.45) is 5.92 Å². The Labute approximate surface area is 168 Å². The molecule has 1 aliphatic heterocycles. The number of aromatic nitrogens is 4. The summed E-state index contributed by atoms with van der Waals surface area (Å²) in [5, 5.41) is 21.8. The van der Waals surface area contributed by atoms with Crippen molar-refractivity contribution in [2.75, 3.05) is 24.5 Å². The van der Waals surface area contributed by atoms with E-state index >= 15 is 0 Å². The van der Waals surface area contributed by atoms with Crippen LogP contribution in [0.3, 0.4) is 0 Å². The first-order valence-corrected chi connectivity index (χ1v) is 9.81. The summed E-state index contributed by atoms with van der Waals surface area (Å²) in [4.78, 5) is 10.7. The fourth-order valence-corrected chi connectivity index (χ4v) is 4.11.